The van der Waals surface area contributed by atoms with Crippen molar-refractivity contribution >= 4 is 5.95 Å². The van der Waals surface area contributed by atoms with Crippen LogP contribution < -0.4 is 14.8 Å². The molecule has 94 valence electrons. The highest BCUT2D eigenvalue weighted by molar-refractivity contribution is 5.27. The Balaban J connectivity index is 2.62. The number of aromatic nitrogens is 3. The summed E-state index contributed by atoms with van der Waals surface area (Å²) in [5, 5.41) is 2.99. The molecule has 0 spiro atoms. The van der Waals surface area contributed by atoms with Crippen LogP contribution in [-0.2, 0) is 0 Å². The highest BCUT2D eigenvalue weighted by Gasteiger charge is 2.06. The molecule has 0 aliphatic heterocycles. The molecule has 1 aromatic rings. The number of rotatable bonds is 8. The lowest BCUT2D eigenvalue weighted by Gasteiger charge is -2.07. The van der Waals surface area contributed by atoms with Gasteiger partial charge < -0.3 is 14.8 Å². The van der Waals surface area contributed by atoms with Gasteiger partial charge in [-0.2, -0.15) is 9.97 Å². The topological polar surface area (TPSA) is 69.2 Å². The van der Waals surface area contributed by atoms with Gasteiger partial charge in [-0.15, -0.1) is 11.6 Å². The summed E-state index contributed by atoms with van der Waals surface area (Å²) in [6.07, 6.45) is 3.64. The van der Waals surface area contributed by atoms with E-state index in [9.17, 15) is 0 Å². The zero-order valence-electron chi connectivity index (χ0n) is 10.3. The lowest BCUT2D eigenvalue weighted by molar-refractivity contribution is 0.277. The van der Waals surface area contributed by atoms with Crippen molar-refractivity contribution in [2.24, 2.45) is 0 Å². The third kappa shape index (κ3) is 4.67. The van der Waals surface area contributed by atoms with Crippen molar-refractivity contribution in [3.8, 4) is 12.0 Å². The Hall–Kier alpha value is -1.85. The lowest BCUT2D eigenvalue weighted by Crippen LogP contribution is -2.08. The average Bonchev–Trinajstić information content (AvgIpc) is 2.35. The van der Waals surface area contributed by atoms with E-state index in [1.807, 2.05) is 13.0 Å². The minimum absolute atomic E-state index is 0.245. The van der Waals surface area contributed by atoms with Crippen LogP contribution in [0.4, 0.5) is 5.95 Å². The van der Waals surface area contributed by atoms with Crippen LogP contribution in [0.3, 0.4) is 0 Å². The van der Waals surface area contributed by atoms with E-state index in [-0.39, 0.29) is 12.0 Å². The van der Waals surface area contributed by atoms with Gasteiger partial charge in [-0.3, -0.25) is 0 Å². The molecule has 0 saturated carbocycles. The molecule has 0 bridgehead atoms. The second kappa shape index (κ2) is 7.43. The Kier molecular flexibility index (Phi) is 5.77. The molecule has 6 nitrogen and oxygen atoms in total. The molecular formula is C11H18N4O2. The minimum Gasteiger partial charge on any atom is -0.467 e. The molecule has 0 saturated heterocycles. The van der Waals surface area contributed by atoms with Gasteiger partial charge in [-0.1, -0.05) is 6.08 Å². The molecule has 6 heteroatoms. The van der Waals surface area contributed by atoms with Crippen molar-refractivity contribution in [3.05, 3.63) is 12.7 Å². The van der Waals surface area contributed by atoms with Crippen LogP contribution in [0, 0.1) is 0 Å². The zero-order chi connectivity index (χ0) is 12.5. The summed E-state index contributed by atoms with van der Waals surface area (Å²) in [5.74, 6) is 0.457. The number of unbranched alkanes of at least 4 members (excludes halogenated alkanes) is 1. The Bertz CT molecular complexity index is 357. The third-order valence-electron chi connectivity index (χ3n) is 1.90. The van der Waals surface area contributed by atoms with Gasteiger partial charge >= 0.3 is 12.0 Å². The molecule has 1 heterocycles. The molecule has 1 aromatic heterocycles. The molecule has 0 atom stereocenters. The SMILES string of the molecule is C=CCCCOc1nc(NCC)nc(OC)n1. The Morgan fingerprint density at radius 1 is 1.29 bits per heavy atom. The van der Waals surface area contributed by atoms with E-state index in [1.54, 1.807) is 0 Å². The van der Waals surface area contributed by atoms with Crippen LogP contribution in [0.25, 0.3) is 0 Å². The first kappa shape index (κ1) is 13.2. The van der Waals surface area contributed by atoms with Gasteiger partial charge in [0.15, 0.2) is 0 Å². The van der Waals surface area contributed by atoms with Crippen LogP contribution in [0.2, 0.25) is 0 Å². The number of nitrogens with zero attached hydrogens (tertiary/aromatic N) is 3. The summed E-state index contributed by atoms with van der Waals surface area (Å²) in [6, 6.07) is 0.520. The number of allylic oxidation sites excluding steroid dienone is 1. The predicted molar refractivity (Wildman–Crippen MR) is 65.5 cm³/mol. The van der Waals surface area contributed by atoms with Crippen molar-refractivity contribution in [2.75, 3.05) is 25.6 Å². The quantitative estimate of drug-likeness (QED) is 0.548. The summed E-state index contributed by atoms with van der Waals surface area (Å²) in [5.41, 5.74) is 0. The second-order valence-electron chi connectivity index (χ2n) is 3.24. The molecule has 1 N–H and O–H groups in total. The van der Waals surface area contributed by atoms with E-state index in [2.05, 4.69) is 26.8 Å². The lowest BCUT2D eigenvalue weighted by atomic mass is 10.3. The molecule has 17 heavy (non-hydrogen) atoms. The van der Waals surface area contributed by atoms with Crippen molar-refractivity contribution in [1.29, 1.82) is 0 Å². The molecular weight excluding hydrogens is 220 g/mol. The van der Waals surface area contributed by atoms with Crippen molar-refractivity contribution in [3.63, 3.8) is 0 Å². The Labute approximate surface area is 101 Å². The van der Waals surface area contributed by atoms with E-state index in [0.717, 1.165) is 19.4 Å². The van der Waals surface area contributed by atoms with Crippen LogP contribution in [0.15, 0.2) is 12.7 Å². The molecule has 0 unspecified atom stereocenters. The number of ether oxygens (including phenoxy) is 2. The molecule has 1 rings (SSSR count). The first-order valence-electron chi connectivity index (χ1n) is 5.57. The number of hydrogen-bond acceptors (Lipinski definition) is 6. The standard InChI is InChI=1S/C11H18N4O2/c1-4-6-7-8-17-11-14-9(12-5-2)13-10(15-11)16-3/h4H,1,5-8H2,2-3H3,(H,12,13,14,15). The van der Waals surface area contributed by atoms with Crippen molar-refractivity contribution in [1.82, 2.24) is 15.0 Å². The monoisotopic (exact) mass is 238 g/mol. The van der Waals surface area contributed by atoms with Crippen LogP contribution in [0.5, 0.6) is 12.0 Å². The van der Waals surface area contributed by atoms with Gasteiger partial charge in [-0.05, 0) is 19.8 Å². The Morgan fingerprint density at radius 2 is 2.06 bits per heavy atom. The highest BCUT2D eigenvalue weighted by Crippen LogP contribution is 2.12. The molecule has 0 fully saturated rings. The first-order valence-corrected chi connectivity index (χ1v) is 5.57. The van der Waals surface area contributed by atoms with Gasteiger partial charge in [0.05, 0.1) is 13.7 Å². The first-order chi connectivity index (χ1) is 8.30. The van der Waals surface area contributed by atoms with E-state index in [1.165, 1.54) is 7.11 Å². The van der Waals surface area contributed by atoms with E-state index in [0.29, 0.717) is 12.6 Å². The van der Waals surface area contributed by atoms with Gasteiger partial charge in [0.1, 0.15) is 0 Å². The summed E-state index contributed by atoms with van der Waals surface area (Å²) < 4.78 is 10.4. The minimum atomic E-state index is 0.245. The molecule has 0 radical (unpaired) electrons. The average molecular weight is 238 g/mol. The molecule has 0 amide bonds. The van der Waals surface area contributed by atoms with Gasteiger partial charge in [-0.25, -0.2) is 0 Å². The van der Waals surface area contributed by atoms with Crippen LogP contribution in [-0.4, -0.2) is 35.2 Å². The predicted octanol–water partition coefficient (Wildman–Crippen LogP) is 1.66. The largest absolute Gasteiger partial charge is 0.467 e. The van der Waals surface area contributed by atoms with Crippen molar-refractivity contribution < 1.29 is 9.47 Å². The van der Waals surface area contributed by atoms with Gasteiger partial charge in [0.2, 0.25) is 5.95 Å². The van der Waals surface area contributed by atoms with E-state index < -0.39 is 0 Å². The smallest absolute Gasteiger partial charge is 0.324 e. The fraction of sp³-hybridized carbons (Fsp3) is 0.545. The number of methoxy groups -OCH3 is 1. The van der Waals surface area contributed by atoms with Crippen LogP contribution in [0.1, 0.15) is 19.8 Å². The number of hydrogen-bond donors (Lipinski definition) is 1. The summed E-state index contributed by atoms with van der Waals surface area (Å²) in [6.45, 7) is 6.88. The third-order valence-corrected chi connectivity index (χ3v) is 1.90. The molecule has 0 aliphatic carbocycles. The normalized spacial score (nSPS) is 9.76. The maximum Gasteiger partial charge on any atom is 0.324 e. The number of anilines is 1. The molecule has 0 aliphatic rings. The van der Waals surface area contributed by atoms with E-state index >= 15 is 0 Å². The number of nitrogens with one attached hydrogen (secondary N) is 1. The second-order valence-corrected chi connectivity index (χ2v) is 3.24. The van der Waals surface area contributed by atoms with Gasteiger partial charge in [0, 0.05) is 6.54 Å². The zero-order valence-corrected chi connectivity index (χ0v) is 10.3. The summed E-state index contributed by atoms with van der Waals surface area (Å²) in [4.78, 5) is 12.1. The fourth-order valence-corrected chi connectivity index (χ4v) is 1.12. The fourth-order valence-electron chi connectivity index (χ4n) is 1.12. The highest BCUT2D eigenvalue weighted by atomic mass is 16.5. The molecule has 0 aromatic carbocycles. The van der Waals surface area contributed by atoms with Gasteiger partial charge in [0.25, 0.3) is 0 Å². The Morgan fingerprint density at radius 3 is 2.71 bits per heavy atom. The maximum absolute atomic E-state index is 5.41. The summed E-state index contributed by atoms with van der Waals surface area (Å²) >= 11 is 0. The van der Waals surface area contributed by atoms with E-state index in [4.69, 9.17) is 9.47 Å². The summed E-state index contributed by atoms with van der Waals surface area (Å²) in [7, 11) is 1.51. The van der Waals surface area contributed by atoms with Crippen molar-refractivity contribution in [2.45, 2.75) is 19.8 Å². The maximum atomic E-state index is 5.41. The van der Waals surface area contributed by atoms with Crippen LogP contribution >= 0.6 is 0 Å².